The van der Waals surface area contributed by atoms with E-state index in [1.54, 1.807) is 0 Å². The van der Waals surface area contributed by atoms with Gasteiger partial charge in [0.05, 0.1) is 13.2 Å². The van der Waals surface area contributed by atoms with Crippen LogP contribution in [-0.4, -0.2) is 66.8 Å². The van der Waals surface area contributed by atoms with Crippen molar-refractivity contribution in [1.82, 2.24) is 15.2 Å². The Morgan fingerprint density at radius 3 is 2.79 bits per heavy atom. The van der Waals surface area contributed by atoms with Gasteiger partial charge in [-0.15, -0.1) is 0 Å². The fraction of sp³-hybridized carbons (Fsp3) is 0.619. The summed E-state index contributed by atoms with van der Waals surface area (Å²) in [5, 5.41) is 3.14. The Balaban J connectivity index is 1.39. The lowest BCUT2D eigenvalue weighted by Gasteiger charge is -2.39. The van der Waals surface area contributed by atoms with E-state index in [9.17, 15) is 4.79 Å². The Hall–Kier alpha value is -2.12. The van der Waals surface area contributed by atoms with Crippen LogP contribution in [0.3, 0.4) is 0 Å². The number of amides is 1. The summed E-state index contributed by atoms with van der Waals surface area (Å²) in [6, 6.07) is 8.83. The van der Waals surface area contributed by atoms with E-state index in [4.69, 9.17) is 9.15 Å². The molecule has 0 radical (unpaired) electrons. The molecule has 2 aliphatic heterocycles. The van der Waals surface area contributed by atoms with E-state index in [0.29, 0.717) is 24.6 Å². The molecule has 0 bridgehead atoms. The maximum Gasteiger partial charge on any atom is 0.299 e. The topological polar surface area (TPSA) is 70.8 Å². The van der Waals surface area contributed by atoms with Gasteiger partial charge in [0.2, 0.25) is 5.91 Å². The smallest absolute Gasteiger partial charge is 0.299 e. The van der Waals surface area contributed by atoms with Crippen LogP contribution in [0.15, 0.2) is 28.7 Å². The highest BCUT2D eigenvalue weighted by Crippen LogP contribution is 2.27. The Morgan fingerprint density at radius 2 is 2.00 bits per heavy atom. The number of piperidine rings is 1. The highest BCUT2D eigenvalue weighted by Gasteiger charge is 2.32. The predicted octanol–water partition coefficient (Wildman–Crippen LogP) is 2.41. The van der Waals surface area contributed by atoms with Crippen LogP contribution in [-0.2, 0) is 9.53 Å². The summed E-state index contributed by atoms with van der Waals surface area (Å²) in [5.41, 5.74) is 1.59. The number of rotatable bonds is 5. The average Bonchev–Trinajstić information content (AvgIpc) is 3.14. The number of para-hydroxylation sites is 2. The Kier molecular flexibility index (Phi) is 5.82. The number of nitrogens with one attached hydrogen (secondary N) is 1. The fourth-order valence-corrected chi connectivity index (χ4v) is 4.32. The van der Waals surface area contributed by atoms with E-state index >= 15 is 0 Å². The molecule has 3 atom stereocenters. The van der Waals surface area contributed by atoms with Crippen molar-refractivity contribution < 1.29 is 13.9 Å². The second-order valence-electron chi connectivity index (χ2n) is 7.93. The van der Waals surface area contributed by atoms with Gasteiger partial charge >= 0.3 is 0 Å². The van der Waals surface area contributed by atoms with Crippen molar-refractivity contribution in [3.63, 3.8) is 0 Å². The van der Waals surface area contributed by atoms with Gasteiger partial charge < -0.3 is 19.4 Å². The largest absolute Gasteiger partial charge is 0.423 e. The van der Waals surface area contributed by atoms with Gasteiger partial charge in [0.25, 0.3) is 6.01 Å². The maximum absolute atomic E-state index is 12.9. The number of oxazole rings is 1. The lowest BCUT2D eigenvalue weighted by atomic mass is 10.0. The minimum Gasteiger partial charge on any atom is -0.423 e. The Morgan fingerprint density at radius 1 is 1.21 bits per heavy atom. The predicted molar refractivity (Wildman–Crippen MR) is 108 cm³/mol. The molecule has 1 aromatic heterocycles. The van der Waals surface area contributed by atoms with Crippen molar-refractivity contribution in [2.24, 2.45) is 0 Å². The summed E-state index contributed by atoms with van der Waals surface area (Å²) >= 11 is 0. The van der Waals surface area contributed by atoms with Crippen molar-refractivity contribution in [2.45, 2.75) is 51.2 Å². The van der Waals surface area contributed by atoms with E-state index in [0.717, 1.165) is 56.7 Å². The number of aromatic nitrogens is 1. The second-order valence-corrected chi connectivity index (χ2v) is 7.93. The molecule has 2 aromatic rings. The zero-order chi connectivity index (χ0) is 19.5. The van der Waals surface area contributed by atoms with Crippen molar-refractivity contribution in [2.75, 3.05) is 37.7 Å². The van der Waals surface area contributed by atoms with E-state index in [-0.39, 0.29) is 11.9 Å². The van der Waals surface area contributed by atoms with Gasteiger partial charge in [-0.1, -0.05) is 12.1 Å². The highest BCUT2D eigenvalue weighted by molar-refractivity contribution is 5.85. The molecule has 7 heteroatoms. The number of anilines is 1. The molecule has 1 N–H and O–H groups in total. The number of hydrogen-bond acceptors (Lipinski definition) is 6. The zero-order valence-electron chi connectivity index (χ0n) is 16.8. The minimum atomic E-state index is -0.221. The zero-order valence-corrected chi connectivity index (χ0v) is 16.8. The summed E-state index contributed by atoms with van der Waals surface area (Å²) in [6.07, 6.45) is 2.92. The molecule has 3 heterocycles. The van der Waals surface area contributed by atoms with Gasteiger partial charge in [-0.3, -0.25) is 9.69 Å². The third-order valence-electron chi connectivity index (χ3n) is 5.85. The Bertz CT molecular complexity index is 765. The van der Waals surface area contributed by atoms with E-state index in [2.05, 4.69) is 29.0 Å². The molecule has 2 fully saturated rings. The fourth-order valence-electron chi connectivity index (χ4n) is 4.32. The molecule has 1 aromatic carbocycles. The molecule has 2 aliphatic rings. The lowest BCUT2D eigenvalue weighted by molar-refractivity contribution is -0.123. The minimum absolute atomic E-state index is 0.0653. The summed E-state index contributed by atoms with van der Waals surface area (Å²) in [6.45, 7) is 8.14. The number of carbonyl (C=O) groups excluding carboxylic acids is 1. The van der Waals surface area contributed by atoms with Crippen LogP contribution >= 0.6 is 0 Å². The van der Waals surface area contributed by atoms with Gasteiger partial charge in [0.15, 0.2) is 5.58 Å². The van der Waals surface area contributed by atoms with Crippen molar-refractivity contribution in [3.8, 4) is 0 Å². The molecular weight excluding hydrogens is 356 g/mol. The van der Waals surface area contributed by atoms with Gasteiger partial charge in [-0.05, 0) is 45.2 Å². The number of ether oxygens (including phenoxy) is 1. The molecule has 1 amide bonds. The summed E-state index contributed by atoms with van der Waals surface area (Å²) in [7, 11) is 0. The first-order valence-electron chi connectivity index (χ1n) is 10.4. The van der Waals surface area contributed by atoms with Crippen LogP contribution in [0, 0.1) is 0 Å². The van der Waals surface area contributed by atoms with Crippen LogP contribution in [0.1, 0.15) is 33.1 Å². The van der Waals surface area contributed by atoms with Gasteiger partial charge in [0.1, 0.15) is 11.6 Å². The molecule has 152 valence electrons. The molecule has 0 saturated carbocycles. The van der Waals surface area contributed by atoms with Crippen LogP contribution in [0.5, 0.6) is 0 Å². The third kappa shape index (κ3) is 4.00. The lowest BCUT2D eigenvalue weighted by Crippen LogP contribution is -2.54. The molecule has 4 rings (SSSR count). The van der Waals surface area contributed by atoms with Crippen LogP contribution in [0.2, 0.25) is 0 Å². The average molecular weight is 386 g/mol. The molecular formula is C21H30N4O3. The number of carbonyl (C=O) groups is 1. The Labute approximate surface area is 166 Å². The van der Waals surface area contributed by atoms with E-state index in [1.165, 1.54) is 0 Å². The van der Waals surface area contributed by atoms with Gasteiger partial charge in [0, 0.05) is 31.7 Å². The van der Waals surface area contributed by atoms with Crippen LogP contribution < -0.4 is 10.2 Å². The first-order chi connectivity index (χ1) is 13.6. The first kappa shape index (κ1) is 19.2. The van der Waals surface area contributed by atoms with E-state index < -0.39 is 0 Å². The third-order valence-corrected chi connectivity index (χ3v) is 5.85. The van der Waals surface area contributed by atoms with Gasteiger partial charge in [-0.2, -0.15) is 4.98 Å². The second kappa shape index (κ2) is 8.49. The maximum atomic E-state index is 12.9. The number of fused-ring (bicyclic) bond motifs is 1. The van der Waals surface area contributed by atoms with Gasteiger partial charge in [-0.25, -0.2) is 0 Å². The normalized spacial score (nSPS) is 26.5. The van der Waals surface area contributed by atoms with Crippen molar-refractivity contribution in [1.29, 1.82) is 0 Å². The number of benzene rings is 1. The number of hydrogen-bond donors (Lipinski definition) is 1. The monoisotopic (exact) mass is 386 g/mol. The molecule has 7 nitrogen and oxygen atoms in total. The van der Waals surface area contributed by atoms with Crippen molar-refractivity contribution in [3.05, 3.63) is 24.3 Å². The van der Waals surface area contributed by atoms with Crippen LogP contribution in [0.25, 0.3) is 11.1 Å². The van der Waals surface area contributed by atoms with E-state index in [1.807, 2.05) is 29.2 Å². The summed E-state index contributed by atoms with van der Waals surface area (Å²) < 4.78 is 11.5. The quantitative estimate of drug-likeness (QED) is 0.851. The summed E-state index contributed by atoms with van der Waals surface area (Å²) in [4.78, 5) is 22.0. The standard InChI is InChI=1S/C21H30N4O3/c1-15-13-27-14-16(2)24(15)12-10-22-20(26)18-8-5-6-11-25(18)21-23-17-7-3-4-9-19(17)28-21/h3-4,7,9,15-16,18H,5-6,8,10-14H2,1-2H3,(H,22,26). The summed E-state index contributed by atoms with van der Waals surface area (Å²) in [5.74, 6) is 0.0653. The molecule has 3 unspecified atom stereocenters. The molecule has 0 aliphatic carbocycles. The highest BCUT2D eigenvalue weighted by atomic mass is 16.5. The molecule has 28 heavy (non-hydrogen) atoms. The SMILES string of the molecule is CC1COCC(C)N1CCNC(=O)C1CCCCN1c1nc2ccccc2o1. The molecule has 0 spiro atoms. The van der Waals surface area contributed by atoms with Crippen LogP contribution in [0.4, 0.5) is 6.01 Å². The molecule has 2 saturated heterocycles. The number of nitrogens with zero attached hydrogens (tertiary/aromatic N) is 3. The first-order valence-corrected chi connectivity index (χ1v) is 10.4. The van der Waals surface area contributed by atoms with Crippen molar-refractivity contribution >= 4 is 23.0 Å². The number of morpholine rings is 1.